The maximum Gasteiger partial charge on any atom is 0.305 e. The van der Waals surface area contributed by atoms with Crippen molar-refractivity contribution in [3.05, 3.63) is 22.4 Å². The molecule has 0 radical (unpaired) electrons. The van der Waals surface area contributed by atoms with Crippen LogP contribution >= 0.6 is 11.3 Å². The fourth-order valence-corrected chi connectivity index (χ4v) is 3.54. The van der Waals surface area contributed by atoms with E-state index in [-0.39, 0.29) is 24.3 Å². The minimum absolute atomic E-state index is 0.00546. The van der Waals surface area contributed by atoms with Gasteiger partial charge in [-0.3, -0.25) is 4.79 Å². The van der Waals surface area contributed by atoms with Crippen LogP contribution in [0.4, 0.5) is 0 Å². The predicted octanol–water partition coefficient (Wildman–Crippen LogP) is 1.29. The van der Waals surface area contributed by atoms with Crippen molar-refractivity contribution in [1.29, 1.82) is 0 Å². The Labute approximate surface area is 111 Å². The number of thiophene rings is 1. The summed E-state index contributed by atoms with van der Waals surface area (Å²) in [6.07, 6.45) is 1.11. The number of hydrogen-bond donors (Lipinski definition) is 2. The van der Waals surface area contributed by atoms with Crippen LogP contribution in [0.15, 0.2) is 17.5 Å². The number of aliphatic carboxylic acids is 1. The summed E-state index contributed by atoms with van der Waals surface area (Å²) in [4.78, 5) is 11.7. The van der Waals surface area contributed by atoms with Gasteiger partial charge in [0, 0.05) is 17.2 Å². The zero-order chi connectivity index (χ0) is 13.8. The molecule has 2 unspecified atom stereocenters. The third-order valence-electron chi connectivity index (χ3n) is 2.30. The zero-order valence-corrected chi connectivity index (χ0v) is 11.9. The van der Waals surface area contributed by atoms with E-state index in [2.05, 4.69) is 5.32 Å². The van der Waals surface area contributed by atoms with Gasteiger partial charge in [-0.25, -0.2) is 8.42 Å². The van der Waals surface area contributed by atoms with E-state index in [1.807, 2.05) is 17.5 Å². The first kappa shape index (κ1) is 15.1. The Morgan fingerprint density at radius 3 is 2.67 bits per heavy atom. The van der Waals surface area contributed by atoms with Gasteiger partial charge in [0.1, 0.15) is 9.84 Å². The van der Waals surface area contributed by atoms with Crippen LogP contribution in [0.2, 0.25) is 0 Å². The quantitative estimate of drug-likeness (QED) is 0.791. The molecule has 0 fully saturated rings. The Morgan fingerprint density at radius 1 is 1.56 bits per heavy atom. The van der Waals surface area contributed by atoms with Crippen LogP contribution in [0, 0.1) is 0 Å². The fraction of sp³-hybridized carbons (Fsp3) is 0.545. The third kappa shape index (κ3) is 5.61. The number of rotatable bonds is 7. The molecule has 0 aliphatic heterocycles. The topological polar surface area (TPSA) is 83.5 Å². The van der Waals surface area contributed by atoms with E-state index in [9.17, 15) is 13.2 Å². The highest BCUT2D eigenvalue weighted by molar-refractivity contribution is 7.90. The molecule has 0 bridgehead atoms. The Kier molecular flexibility index (Phi) is 5.30. The summed E-state index contributed by atoms with van der Waals surface area (Å²) in [5.41, 5.74) is 0. The molecule has 0 amide bonds. The third-order valence-corrected chi connectivity index (χ3v) is 4.40. The number of sulfone groups is 1. The molecular weight excluding hydrogens is 274 g/mol. The van der Waals surface area contributed by atoms with Crippen molar-refractivity contribution in [3.63, 3.8) is 0 Å². The summed E-state index contributed by atoms with van der Waals surface area (Å²) >= 11 is 1.46. The molecule has 2 atom stereocenters. The van der Waals surface area contributed by atoms with Gasteiger partial charge in [-0.1, -0.05) is 6.07 Å². The Hall–Kier alpha value is -0.920. The van der Waals surface area contributed by atoms with Crippen molar-refractivity contribution in [2.45, 2.75) is 25.4 Å². The fourth-order valence-electron chi connectivity index (χ4n) is 1.75. The Bertz CT molecular complexity index is 481. The first-order valence-corrected chi connectivity index (χ1v) is 8.41. The van der Waals surface area contributed by atoms with E-state index < -0.39 is 15.8 Å². The van der Waals surface area contributed by atoms with Gasteiger partial charge >= 0.3 is 5.97 Å². The van der Waals surface area contributed by atoms with Gasteiger partial charge in [0.25, 0.3) is 0 Å². The van der Waals surface area contributed by atoms with Gasteiger partial charge < -0.3 is 10.4 Å². The molecule has 2 N–H and O–H groups in total. The van der Waals surface area contributed by atoms with Gasteiger partial charge in [-0.05, 0) is 18.4 Å². The van der Waals surface area contributed by atoms with Crippen molar-refractivity contribution in [3.8, 4) is 0 Å². The van der Waals surface area contributed by atoms with Gasteiger partial charge in [-0.2, -0.15) is 0 Å². The lowest BCUT2D eigenvalue weighted by Crippen LogP contribution is -2.36. The van der Waals surface area contributed by atoms with Crippen molar-refractivity contribution in [1.82, 2.24) is 5.32 Å². The van der Waals surface area contributed by atoms with Crippen LogP contribution in [-0.4, -0.2) is 37.5 Å². The monoisotopic (exact) mass is 291 g/mol. The molecule has 0 aromatic carbocycles. The second-order valence-electron chi connectivity index (χ2n) is 4.33. The molecule has 18 heavy (non-hydrogen) atoms. The minimum Gasteiger partial charge on any atom is -0.481 e. The maximum absolute atomic E-state index is 11.2. The summed E-state index contributed by atoms with van der Waals surface area (Å²) < 4.78 is 22.4. The lowest BCUT2D eigenvalue weighted by Gasteiger charge is -2.20. The molecule has 1 heterocycles. The molecule has 1 aromatic rings. The molecule has 1 aromatic heterocycles. The van der Waals surface area contributed by atoms with Crippen LogP contribution in [0.25, 0.3) is 0 Å². The first-order chi connectivity index (χ1) is 8.28. The first-order valence-electron chi connectivity index (χ1n) is 5.47. The average molecular weight is 291 g/mol. The van der Waals surface area contributed by atoms with E-state index in [1.165, 1.54) is 17.6 Å². The van der Waals surface area contributed by atoms with Crippen molar-refractivity contribution in [2.75, 3.05) is 12.0 Å². The lowest BCUT2D eigenvalue weighted by molar-refractivity contribution is -0.137. The molecule has 0 saturated carbocycles. The maximum atomic E-state index is 11.2. The molecule has 0 saturated heterocycles. The van der Waals surface area contributed by atoms with Crippen LogP contribution in [0.1, 0.15) is 24.3 Å². The molecule has 0 aliphatic rings. The number of hydrogen-bond acceptors (Lipinski definition) is 5. The summed E-state index contributed by atoms with van der Waals surface area (Å²) in [6, 6.07) is 3.06. The van der Waals surface area contributed by atoms with Gasteiger partial charge in [0.2, 0.25) is 0 Å². The van der Waals surface area contributed by atoms with Gasteiger partial charge in [-0.15, -0.1) is 11.3 Å². The highest BCUT2D eigenvalue weighted by Gasteiger charge is 2.20. The predicted molar refractivity (Wildman–Crippen MR) is 71.6 cm³/mol. The molecule has 5 nitrogen and oxygen atoms in total. The van der Waals surface area contributed by atoms with Gasteiger partial charge in [0.15, 0.2) is 0 Å². The molecule has 1 rings (SSSR count). The highest BCUT2D eigenvalue weighted by Crippen LogP contribution is 2.22. The average Bonchev–Trinajstić information content (AvgIpc) is 2.64. The second-order valence-corrected chi connectivity index (χ2v) is 7.49. The normalized spacial score (nSPS) is 15.2. The standard InChI is InChI=1S/C11H17NO4S2/c1-8(7-18(2,15)16)12-9(6-11(13)14)10-4-3-5-17-10/h3-5,8-9,12H,6-7H2,1-2H3,(H,13,14). The van der Waals surface area contributed by atoms with Crippen LogP contribution in [-0.2, 0) is 14.6 Å². The summed E-state index contributed by atoms with van der Waals surface area (Å²) in [5.74, 6) is -0.915. The SMILES string of the molecule is CC(CS(C)(=O)=O)NC(CC(=O)O)c1cccs1. The van der Waals surface area contributed by atoms with E-state index in [0.29, 0.717) is 0 Å². The van der Waals surface area contributed by atoms with Crippen molar-refractivity contribution < 1.29 is 18.3 Å². The minimum atomic E-state index is -3.07. The highest BCUT2D eigenvalue weighted by atomic mass is 32.2. The van der Waals surface area contributed by atoms with Crippen LogP contribution < -0.4 is 5.32 Å². The van der Waals surface area contributed by atoms with E-state index in [1.54, 1.807) is 6.92 Å². The lowest BCUT2D eigenvalue weighted by atomic mass is 10.1. The number of carboxylic acids is 1. The summed E-state index contributed by atoms with van der Waals surface area (Å²) in [6.45, 7) is 1.74. The largest absolute Gasteiger partial charge is 0.481 e. The number of nitrogens with one attached hydrogen (secondary N) is 1. The summed E-state index contributed by atoms with van der Waals surface area (Å²) in [7, 11) is -3.07. The Morgan fingerprint density at radius 2 is 2.22 bits per heavy atom. The smallest absolute Gasteiger partial charge is 0.305 e. The van der Waals surface area contributed by atoms with Crippen LogP contribution in [0.5, 0.6) is 0 Å². The van der Waals surface area contributed by atoms with E-state index in [0.717, 1.165) is 4.88 Å². The summed E-state index contributed by atoms with van der Waals surface area (Å²) in [5, 5.41) is 13.8. The van der Waals surface area contributed by atoms with Crippen LogP contribution in [0.3, 0.4) is 0 Å². The molecule has 102 valence electrons. The van der Waals surface area contributed by atoms with Crippen molar-refractivity contribution in [2.24, 2.45) is 0 Å². The molecular formula is C11H17NO4S2. The number of carboxylic acid groups (broad SMARTS) is 1. The zero-order valence-electron chi connectivity index (χ0n) is 10.3. The Balaban J connectivity index is 2.70. The molecule has 7 heteroatoms. The molecule has 0 spiro atoms. The number of carbonyl (C=O) groups is 1. The van der Waals surface area contributed by atoms with E-state index in [4.69, 9.17) is 5.11 Å². The van der Waals surface area contributed by atoms with E-state index >= 15 is 0 Å². The molecule has 0 aliphatic carbocycles. The van der Waals surface area contributed by atoms with Crippen molar-refractivity contribution >= 4 is 27.1 Å². The second kappa shape index (κ2) is 6.31. The van der Waals surface area contributed by atoms with Gasteiger partial charge in [0.05, 0.1) is 18.2 Å².